The van der Waals surface area contributed by atoms with Crippen LogP contribution in [0, 0.1) is 0 Å². The summed E-state index contributed by atoms with van der Waals surface area (Å²) in [6, 6.07) is 6.54. The second-order valence-electron chi connectivity index (χ2n) is 4.05. The Morgan fingerprint density at radius 3 is 2.68 bits per heavy atom. The van der Waals surface area contributed by atoms with Gasteiger partial charge >= 0.3 is 0 Å². The first-order valence-corrected chi connectivity index (χ1v) is 8.20. The molecule has 2 rings (SSSR count). The van der Waals surface area contributed by atoms with Gasteiger partial charge in [0.25, 0.3) is 0 Å². The largest absolute Gasteiger partial charge is 0.398 e. The van der Waals surface area contributed by atoms with Crippen molar-refractivity contribution >= 4 is 38.6 Å². The normalized spacial score (nSPS) is 11.9. The van der Waals surface area contributed by atoms with Crippen LogP contribution in [-0.2, 0) is 16.6 Å². The topological polar surface area (TPSA) is 63.4 Å². The van der Waals surface area contributed by atoms with Gasteiger partial charge in [-0.15, -0.1) is 0 Å². The van der Waals surface area contributed by atoms with Crippen LogP contribution in [-0.4, -0.2) is 19.8 Å². The molecule has 0 atom stereocenters. The van der Waals surface area contributed by atoms with Gasteiger partial charge in [-0.2, -0.15) is 15.6 Å². The van der Waals surface area contributed by atoms with E-state index in [0.29, 0.717) is 0 Å². The van der Waals surface area contributed by atoms with Gasteiger partial charge in [0.1, 0.15) is 4.90 Å². The lowest BCUT2D eigenvalue weighted by Crippen LogP contribution is -2.27. The number of anilines is 1. The molecule has 0 amide bonds. The smallest absolute Gasteiger partial charge is 0.246 e. The van der Waals surface area contributed by atoms with Gasteiger partial charge in [0.15, 0.2) is 0 Å². The van der Waals surface area contributed by atoms with E-state index in [0.717, 1.165) is 5.56 Å². The van der Waals surface area contributed by atoms with Gasteiger partial charge in [0, 0.05) is 13.6 Å². The van der Waals surface area contributed by atoms with Crippen LogP contribution in [0.1, 0.15) is 5.56 Å². The molecule has 0 aliphatic carbocycles. The van der Waals surface area contributed by atoms with Crippen LogP contribution in [0.3, 0.4) is 0 Å². The summed E-state index contributed by atoms with van der Waals surface area (Å²) in [7, 11) is -2.19. The van der Waals surface area contributed by atoms with E-state index in [9.17, 15) is 8.42 Å². The third-order valence-electron chi connectivity index (χ3n) is 2.65. The first kappa shape index (κ1) is 14.3. The maximum Gasteiger partial charge on any atom is 0.246 e. The quantitative estimate of drug-likeness (QED) is 0.882. The van der Waals surface area contributed by atoms with Gasteiger partial charge in [-0.25, -0.2) is 8.42 Å². The number of sulfonamides is 1. The summed E-state index contributed by atoms with van der Waals surface area (Å²) in [6.45, 7) is 0.288. The third-order valence-corrected chi connectivity index (χ3v) is 5.73. The summed E-state index contributed by atoms with van der Waals surface area (Å²) in [5, 5.41) is 3.94. The number of nitrogen functional groups attached to an aromatic ring is 1. The highest BCUT2D eigenvalue weighted by Gasteiger charge is 2.26. The Labute approximate surface area is 121 Å². The Morgan fingerprint density at radius 2 is 2.11 bits per heavy atom. The van der Waals surface area contributed by atoms with Crippen LogP contribution in [0.15, 0.2) is 39.9 Å². The molecule has 0 saturated heterocycles. The van der Waals surface area contributed by atoms with Crippen molar-refractivity contribution in [2.24, 2.45) is 0 Å². The average Bonchev–Trinajstić information content (AvgIpc) is 2.81. The molecule has 1 aromatic carbocycles. The first-order chi connectivity index (χ1) is 8.93. The third kappa shape index (κ3) is 2.92. The number of halogens is 1. The number of hydrogen-bond donors (Lipinski definition) is 1. The predicted molar refractivity (Wildman–Crippen MR) is 78.8 cm³/mol. The van der Waals surface area contributed by atoms with Crippen LogP contribution >= 0.6 is 22.9 Å². The summed E-state index contributed by atoms with van der Waals surface area (Å²) in [5.74, 6) is 0. The van der Waals surface area contributed by atoms with E-state index >= 15 is 0 Å². The van der Waals surface area contributed by atoms with E-state index in [1.165, 1.54) is 34.8 Å². The number of nitrogens with zero attached hydrogens (tertiary/aromatic N) is 1. The predicted octanol–water partition coefficient (Wildman–Crippen LogP) is 2.80. The Hall–Kier alpha value is -1.08. The number of thiophene rings is 1. The van der Waals surface area contributed by atoms with E-state index < -0.39 is 10.0 Å². The minimum Gasteiger partial charge on any atom is -0.398 e. The molecule has 0 aliphatic heterocycles. The van der Waals surface area contributed by atoms with Crippen LogP contribution < -0.4 is 5.73 Å². The number of benzene rings is 1. The molecule has 1 aromatic heterocycles. The zero-order chi connectivity index (χ0) is 14.0. The van der Waals surface area contributed by atoms with Crippen LogP contribution in [0.5, 0.6) is 0 Å². The fourth-order valence-corrected chi connectivity index (χ4v) is 4.12. The second kappa shape index (κ2) is 5.50. The van der Waals surface area contributed by atoms with Crippen molar-refractivity contribution in [1.29, 1.82) is 0 Å². The maximum absolute atomic E-state index is 12.5. The van der Waals surface area contributed by atoms with Crippen molar-refractivity contribution in [3.8, 4) is 0 Å². The average molecular weight is 317 g/mol. The Balaban J connectivity index is 2.37. The van der Waals surface area contributed by atoms with E-state index in [1.54, 1.807) is 6.07 Å². The highest BCUT2D eigenvalue weighted by molar-refractivity contribution is 7.89. The zero-order valence-electron chi connectivity index (χ0n) is 10.2. The summed E-state index contributed by atoms with van der Waals surface area (Å²) < 4.78 is 26.2. The molecule has 7 heteroatoms. The number of hydrogen-bond acceptors (Lipinski definition) is 4. The van der Waals surface area contributed by atoms with Gasteiger partial charge in [-0.1, -0.05) is 17.7 Å². The lowest BCUT2D eigenvalue weighted by molar-refractivity contribution is 0.467. The molecular weight excluding hydrogens is 304 g/mol. The molecule has 0 radical (unpaired) electrons. The molecule has 0 aliphatic rings. The van der Waals surface area contributed by atoms with Gasteiger partial charge in [-0.05, 0) is 34.5 Å². The molecule has 1 heterocycles. The first-order valence-electron chi connectivity index (χ1n) is 5.44. The van der Waals surface area contributed by atoms with Crippen LogP contribution in [0.2, 0.25) is 5.02 Å². The molecule has 4 nitrogen and oxygen atoms in total. The van der Waals surface area contributed by atoms with Crippen molar-refractivity contribution in [2.45, 2.75) is 11.4 Å². The van der Waals surface area contributed by atoms with Crippen molar-refractivity contribution in [3.05, 3.63) is 45.6 Å². The van der Waals surface area contributed by atoms with Gasteiger partial charge in [0.2, 0.25) is 10.0 Å². The lowest BCUT2D eigenvalue weighted by Gasteiger charge is -2.18. The molecule has 0 bridgehead atoms. The van der Waals surface area contributed by atoms with E-state index in [4.69, 9.17) is 17.3 Å². The molecule has 19 heavy (non-hydrogen) atoms. The molecule has 0 fully saturated rings. The second-order valence-corrected chi connectivity index (χ2v) is 7.22. The van der Waals surface area contributed by atoms with E-state index in [2.05, 4.69) is 0 Å². The zero-order valence-corrected chi connectivity index (χ0v) is 12.6. The summed E-state index contributed by atoms with van der Waals surface area (Å²) in [4.78, 5) is -0.0330. The highest BCUT2D eigenvalue weighted by atomic mass is 35.5. The van der Waals surface area contributed by atoms with Crippen molar-refractivity contribution in [3.63, 3.8) is 0 Å². The van der Waals surface area contributed by atoms with E-state index in [1.807, 2.05) is 16.8 Å². The van der Waals surface area contributed by atoms with Crippen molar-refractivity contribution in [2.75, 3.05) is 12.8 Å². The lowest BCUT2D eigenvalue weighted by atomic mass is 10.3. The molecule has 0 unspecified atom stereocenters. The summed E-state index contributed by atoms with van der Waals surface area (Å²) in [5.41, 5.74) is 6.82. The molecule has 102 valence electrons. The molecule has 0 spiro atoms. The van der Waals surface area contributed by atoms with Gasteiger partial charge in [-0.3, -0.25) is 0 Å². The summed E-state index contributed by atoms with van der Waals surface area (Å²) >= 11 is 7.48. The SMILES string of the molecule is CN(Cc1ccsc1)S(=O)(=O)c1c(N)cccc1Cl. The van der Waals surface area contributed by atoms with Crippen molar-refractivity contribution < 1.29 is 8.42 Å². The minimum absolute atomic E-state index is 0.0330. The van der Waals surface area contributed by atoms with Crippen LogP contribution in [0.4, 0.5) is 5.69 Å². The molecule has 0 saturated carbocycles. The van der Waals surface area contributed by atoms with E-state index in [-0.39, 0.29) is 22.2 Å². The minimum atomic E-state index is -3.70. The molecule has 2 aromatic rings. The Morgan fingerprint density at radius 1 is 1.37 bits per heavy atom. The highest BCUT2D eigenvalue weighted by Crippen LogP contribution is 2.30. The van der Waals surface area contributed by atoms with Crippen molar-refractivity contribution in [1.82, 2.24) is 4.31 Å². The molecule has 2 N–H and O–H groups in total. The van der Waals surface area contributed by atoms with Gasteiger partial charge in [0.05, 0.1) is 10.7 Å². The monoisotopic (exact) mass is 316 g/mol. The molecular formula is C12H13ClN2O2S2. The fraction of sp³-hybridized carbons (Fsp3) is 0.167. The number of nitrogens with two attached hydrogens (primary N) is 1. The standard InChI is InChI=1S/C12H13ClN2O2S2/c1-15(7-9-5-6-18-8-9)19(16,17)12-10(13)3-2-4-11(12)14/h2-6,8H,7,14H2,1H3. The van der Waals surface area contributed by atoms with Gasteiger partial charge < -0.3 is 5.73 Å². The Bertz CT molecular complexity index is 649. The maximum atomic E-state index is 12.5. The van der Waals surface area contributed by atoms with Crippen LogP contribution in [0.25, 0.3) is 0 Å². The number of rotatable bonds is 4. The summed E-state index contributed by atoms with van der Waals surface area (Å²) in [6.07, 6.45) is 0. The Kier molecular flexibility index (Phi) is 4.15. The fourth-order valence-electron chi connectivity index (χ4n) is 1.68.